The van der Waals surface area contributed by atoms with Crippen LogP contribution in [0.5, 0.6) is 0 Å². The molecule has 1 aromatic rings. The highest BCUT2D eigenvalue weighted by atomic mass is 79.9. The van der Waals surface area contributed by atoms with Crippen LogP contribution < -0.4 is 10.2 Å². The van der Waals surface area contributed by atoms with E-state index in [0.29, 0.717) is 0 Å². The summed E-state index contributed by atoms with van der Waals surface area (Å²) in [7, 11) is 0. The van der Waals surface area contributed by atoms with Crippen molar-refractivity contribution in [1.82, 2.24) is 10.3 Å². The molecule has 1 aromatic heterocycles. The summed E-state index contributed by atoms with van der Waals surface area (Å²) in [6.45, 7) is 8.21. The highest BCUT2D eigenvalue weighted by Gasteiger charge is 2.15. The molecule has 0 amide bonds. The second-order valence-electron chi connectivity index (χ2n) is 4.66. The van der Waals surface area contributed by atoms with Crippen LogP contribution in [0.2, 0.25) is 0 Å². The molecule has 0 radical (unpaired) electrons. The molecule has 0 unspecified atom stereocenters. The molecule has 2 rings (SSSR count). The lowest BCUT2D eigenvalue weighted by molar-refractivity contribution is 0.709. The monoisotopic (exact) mass is 309 g/mol. The van der Waals surface area contributed by atoms with Crippen LogP contribution in [0.25, 0.3) is 0 Å². The Hall–Kier alpha value is -0.870. The zero-order valence-electron chi connectivity index (χ0n) is 11.0. The minimum atomic E-state index is 0.872. The van der Waals surface area contributed by atoms with Gasteiger partial charge in [0.2, 0.25) is 0 Å². The van der Waals surface area contributed by atoms with E-state index in [4.69, 9.17) is 0 Å². The Balaban J connectivity index is 2.20. The van der Waals surface area contributed by atoms with Crippen LogP contribution in [0, 0.1) is 0 Å². The number of aromatic nitrogens is 1. The van der Waals surface area contributed by atoms with E-state index in [1.165, 1.54) is 11.1 Å². The van der Waals surface area contributed by atoms with E-state index in [0.717, 1.165) is 42.9 Å². The quantitative estimate of drug-likeness (QED) is 0.866. The number of hydrogen-bond acceptors (Lipinski definition) is 3. The van der Waals surface area contributed by atoms with Crippen LogP contribution in [0.4, 0.5) is 5.82 Å². The lowest BCUT2D eigenvalue weighted by atomic mass is 10.1. The molecule has 0 bridgehead atoms. The molecule has 1 aliphatic heterocycles. The molecule has 1 aliphatic rings. The number of nitrogens with zero attached hydrogens (tertiary/aromatic N) is 2. The van der Waals surface area contributed by atoms with Gasteiger partial charge in [-0.15, -0.1) is 0 Å². The van der Waals surface area contributed by atoms with Crippen molar-refractivity contribution in [3.63, 3.8) is 0 Å². The van der Waals surface area contributed by atoms with Gasteiger partial charge in [-0.25, -0.2) is 4.98 Å². The minimum absolute atomic E-state index is 0.872. The summed E-state index contributed by atoms with van der Waals surface area (Å²) in [5.74, 6) is 1.11. The van der Waals surface area contributed by atoms with Gasteiger partial charge in [0.1, 0.15) is 5.82 Å². The topological polar surface area (TPSA) is 28.2 Å². The molecule has 0 fully saturated rings. The van der Waals surface area contributed by atoms with E-state index >= 15 is 0 Å². The molecule has 98 valence electrons. The molecule has 0 saturated carbocycles. The van der Waals surface area contributed by atoms with Gasteiger partial charge in [0, 0.05) is 35.9 Å². The first kappa shape index (κ1) is 13.6. The highest BCUT2D eigenvalue weighted by Crippen LogP contribution is 2.24. The summed E-state index contributed by atoms with van der Waals surface area (Å²) in [6.07, 6.45) is 5.32. The van der Waals surface area contributed by atoms with Crippen molar-refractivity contribution in [2.75, 3.05) is 24.5 Å². The minimum Gasteiger partial charge on any atom is -0.352 e. The Kier molecular flexibility index (Phi) is 4.78. The fraction of sp³-hybridized carbons (Fsp3) is 0.500. The fourth-order valence-electron chi connectivity index (χ4n) is 2.11. The van der Waals surface area contributed by atoms with Crippen LogP contribution in [0.15, 0.2) is 28.4 Å². The summed E-state index contributed by atoms with van der Waals surface area (Å²) in [5.41, 5.74) is 2.75. The van der Waals surface area contributed by atoms with Gasteiger partial charge in [-0.3, -0.25) is 0 Å². The number of pyridine rings is 1. The molecule has 0 aliphatic carbocycles. The SMILES string of the molecule is CCNCc1cc(Br)cnc1N1CC=C(C)CC1. The summed E-state index contributed by atoms with van der Waals surface area (Å²) >= 11 is 3.50. The Morgan fingerprint density at radius 1 is 1.50 bits per heavy atom. The van der Waals surface area contributed by atoms with E-state index < -0.39 is 0 Å². The van der Waals surface area contributed by atoms with Gasteiger partial charge in [0.05, 0.1) is 0 Å². The average Bonchev–Trinajstić information content (AvgIpc) is 2.38. The van der Waals surface area contributed by atoms with Gasteiger partial charge >= 0.3 is 0 Å². The third-order valence-corrected chi connectivity index (χ3v) is 3.64. The average molecular weight is 310 g/mol. The van der Waals surface area contributed by atoms with Crippen LogP contribution in [0.3, 0.4) is 0 Å². The molecular formula is C14H20BrN3. The Bertz CT molecular complexity index is 443. The molecule has 3 nitrogen and oxygen atoms in total. The largest absolute Gasteiger partial charge is 0.352 e. The number of nitrogens with one attached hydrogen (secondary N) is 1. The number of hydrogen-bond donors (Lipinski definition) is 1. The van der Waals surface area contributed by atoms with Gasteiger partial charge in [-0.05, 0) is 41.9 Å². The van der Waals surface area contributed by atoms with E-state index in [9.17, 15) is 0 Å². The molecule has 4 heteroatoms. The van der Waals surface area contributed by atoms with Gasteiger partial charge in [-0.2, -0.15) is 0 Å². The first-order valence-electron chi connectivity index (χ1n) is 6.46. The summed E-state index contributed by atoms with van der Waals surface area (Å²) in [6, 6.07) is 2.16. The Morgan fingerprint density at radius 2 is 2.33 bits per heavy atom. The van der Waals surface area contributed by atoms with Crippen molar-refractivity contribution in [2.45, 2.75) is 26.8 Å². The van der Waals surface area contributed by atoms with Crippen LogP contribution in [-0.4, -0.2) is 24.6 Å². The third kappa shape index (κ3) is 3.33. The lowest BCUT2D eigenvalue weighted by Gasteiger charge is -2.28. The Morgan fingerprint density at radius 3 is 3.00 bits per heavy atom. The molecule has 0 atom stereocenters. The van der Waals surface area contributed by atoms with E-state index in [2.05, 4.69) is 57.1 Å². The maximum atomic E-state index is 4.59. The maximum Gasteiger partial charge on any atom is 0.133 e. The third-order valence-electron chi connectivity index (χ3n) is 3.21. The predicted octanol–water partition coefficient (Wildman–Crippen LogP) is 3.11. The highest BCUT2D eigenvalue weighted by molar-refractivity contribution is 9.10. The van der Waals surface area contributed by atoms with Crippen molar-refractivity contribution in [1.29, 1.82) is 0 Å². The smallest absolute Gasteiger partial charge is 0.133 e. The molecule has 18 heavy (non-hydrogen) atoms. The van der Waals surface area contributed by atoms with Crippen molar-refractivity contribution in [3.05, 3.63) is 33.9 Å². The van der Waals surface area contributed by atoms with Crippen molar-refractivity contribution in [2.24, 2.45) is 0 Å². The van der Waals surface area contributed by atoms with Gasteiger partial charge in [0.15, 0.2) is 0 Å². The maximum absolute atomic E-state index is 4.59. The summed E-state index contributed by atoms with van der Waals surface area (Å²) in [5, 5.41) is 3.38. The van der Waals surface area contributed by atoms with E-state index in [1.54, 1.807) is 0 Å². The predicted molar refractivity (Wildman–Crippen MR) is 79.9 cm³/mol. The number of rotatable bonds is 4. The van der Waals surface area contributed by atoms with Crippen LogP contribution >= 0.6 is 15.9 Å². The number of anilines is 1. The first-order chi connectivity index (χ1) is 8.70. The summed E-state index contributed by atoms with van der Waals surface area (Å²) < 4.78 is 1.04. The standard InChI is InChI=1S/C14H20BrN3/c1-3-16-9-12-8-13(15)10-17-14(12)18-6-4-11(2)5-7-18/h4,8,10,16H,3,5-7,9H2,1-2H3. The lowest BCUT2D eigenvalue weighted by Crippen LogP contribution is -2.30. The molecular weight excluding hydrogens is 290 g/mol. The van der Waals surface area contributed by atoms with Crippen LogP contribution in [-0.2, 0) is 6.54 Å². The van der Waals surface area contributed by atoms with Crippen LogP contribution in [0.1, 0.15) is 25.8 Å². The number of halogens is 1. The molecule has 0 spiro atoms. The molecule has 2 heterocycles. The van der Waals surface area contributed by atoms with Gasteiger partial charge < -0.3 is 10.2 Å². The molecule has 1 N–H and O–H groups in total. The second-order valence-corrected chi connectivity index (χ2v) is 5.58. The van der Waals surface area contributed by atoms with Gasteiger partial charge in [-0.1, -0.05) is 18.6 Å². The Labute approximate surface area is 117 Å². The zero-order chi connectivity index (χ0) is 13.0. The van der Waals surface area contributed by atoms with Crippen molar-refractivity contribution in [3.8, 4) is 0 Å². The molecule has 0 saturated heterocycles. The van der Waals surface area contributed by atoms with Crippen molar-refractivity contribution >= 4 is 21.7 Å². The zero-order valence-corrected chi connectivity index (χ0v) is 12.6. The molecule has 0 aromatic carbocycles. The normalized spacial score (nSPS) is 15.7. The first-order valence-corrected chi connectivity index (χ1v) is 7.25. The van der Waals surface area contributed by atoms with Crippen molar-refractivity contribution < 1.29 is 0 Å². The van der Waals surface area contributed by atoms with Gasteiger partial charge in [0.25, 0.3) is 0 Å². The second kappa shape index (κ2) is 6.34. The fourth-order valence-corrected chi connectivity index (χ4v) is 2.49. The van der Waals surface area contributed by atoms with E-state index in [1.807, 2.05) is 6.20 Å². The summed E-state index contributed by atoms with van der Waals surface area (Å²) in [4.78, 5) is 6.94. The van der Waals surface area contributed by atoms with E-state index in [-0.39, 0.29) is 0 Å².